The summed E-state index contributed by atoms with van der Waals surface area (Å²) in [7, 11) is 0. The third-order valence-corrected chi connectivity index (χ3v) is 3.54. The molecule has 8 heteroatoms. The Morgan fingerprint density at radius 1 is 1.05 bits per heavy atom. The van der Waals surface area contributed by atoms with Gasteiger partial charge < -0.3 is 24.5 Å². The van der Waals surface area contributed by atoms with Crippen molar-refractivity contribution in [2.45, 2.75) is 52.2 Å². The van der Waals surface area contributed by atoms with Gasteiger partial charge in [0.2, 0.25) is 0 Å². The Bertz CT molecular complexity index is 353. The number of hydrogen-bond acceptors (Lipinski definition) is 7. The van der Waals surface area contributed by atoms with Gasteiger partial charge in [0, 0.05) is 13.0 Å². The van der Waals surface area contributed by atoms with E-state index in [-0.39, 0.29) is 0 Å². The summed E-state index contributed by atoms with van der Waals surface area (Å²) in [6.07, 6.45) is -1.89. The van der Waals surface area contributed by atoms with E-state index in [1.807, 2.05) is 0 Å². The number of carbonyl (C=O) groups is 2. The van der Waals surface area contributed by atoms with E-state index >= 15 is 0 Å². The fraction of sp³-hybridized carbons (Fsp3) is 0.846. The van der Waals surface area contributed by atoms with Crippen molar-refractivity contribution in [1.29, 1.82) is 0 Å². The summed E-state index contributed by atoms with van der Waals surface area (Å²) in [6, 6.07) is 0. The summed E-state index contributed by atoms with van der Waals surface area (Å²) >= 11 is -1.05. The number of hydrogen-bond donors (Lipinski definition) is 1. The number of ether oxygens (including phenoxy) is 3. The first-order valence-corrected chi connectivity index (χ1v) is 8.13. The zero-order valence-electron chi connectivity index (χ0n) is 13.3. The molecule has 2 N–H and O–H groups in total. The average molecular weight is 323 g/mol. The molecule has 7 nitrogen and oxygen atoms in total. The van der Waals surface area contributed by atoms with Gasteiger partial charge in [0.25, 0.3) is 0 Å². The van der Waals surface area contributed by atoms with E-state index in [0.717, 1.165) is 0 Å². The highest BCUT2D eigenvalue weighted by atomic mass is 32.2. The lowest BCUT2D eigenvalue weighted by Gasteiger charge is -2.25. The maximum absolute atomic E-state index is 11.5. The van der Waals surface area contributed by atoms with Gasteiger partial charge in [-0.15, -0.1) is 0 Å². The summed E-state index contributed by atoms with van der Waals surface area (Å²) in [5.74, 6) is 0.752. The number of carbonyl (C=O) groups excluding carboxylic acids is 2. The molecule has 1 unspecified atom stereocenters. The normalized spacial score (nSPS) is 13.5. The van der Waals surface area contributed by atoms with Crippen LogP contribution in [0.3, 0.4) is 0 Å². The van der Waals surface area contributed by atoms with E-state index in [2.05, 4.69) is 4.74 Å². The molecule has 21 heavy (non-hydrogen) atoms. The lowest BCUT2D eigenvalue weighted by atomic mass is 10.1. The van der Waals surface area contributed by atoms with Crippen molar-refractivity contribution in [3.8, 4) is 0 Å². The van der Waals surface area contributed by atoms with Crippen molar-refractivity contribution >= 4 is 23.5 Å². The molecule has 1 atom stereocenters. The van der Waals surface area contributed by atoms with Gasteiger partial charge in [0.05, 0.1) is 0 Å². The number of nitrogens with two attached hydrogens (primary N) is 1. The first kappa shape index (κ1) is 20.0. The van der Waals surface area contributed by atoms with Crippen molar-refractivity contribution in [3.63, 3.8) is 0 Å². The second-order valence-corrected chi connectivity index (χ2v) is 7.76. The molecule has 124 valence electrons. The average Bonchev–Trinajstić information content (AvgIpc) is 2.23. The Kier molecular flexibility index (Phi) is 8.05. The van der Waals surface area contributed by atoms with E-state index in [0.29, 0.717) is 24.5 Å². The predicted octanol–water partition coefficient (Wildman–Crippen LogP) is 1.95. The van der Waals surface area contributed by atoms with E-state index in [1.165, 1.54) is 0 Å². The SMILES string of the molecule is CC(C)(C)OC(=O)OC(=O)OC(C)(C)CC[S+]([O-])CCN. The highest BCUT2D eigenvalue weighted by molar-refractivity contribution is 7.91. The van der Waals surface area contributed by atoms with Gasteiger partial charge >= 0.3 is 12.3 Å². The Balaban J connectivity index is 4.20. The molecule has 0 aromatic heterocycles. The van der Waals surface area contributed by atoms with Crippen LogP contribution in [0.4, 0.5) is 9.59 Å². The maximum Gasteiger partial charge on any atom is 0.519 e. The van der Waals surface area contributed by atoms with Crippen molar-refractivity contribution in [2.24, 2.45) is 5.73 Å². The van der Waals surface area contributed by atoms with Crippen LogP contribution in [0.25, 0.3) is 0 Å². The van der Waals surface area contributed by atoms with Crippen molar-refractivity contribution in [3.05, 3.63) is 0 Å². The van der Waals surface area contributed by atoms with Crippen LogP contribution >= 0.6 is 0 Å². The summed E-state index contributed by atoms with van der Waals surface area (Å²) in [5, 5.41) is 0. The standard InChI is InChI=1S/C13H25NO6S/c1-12(2,3)19-10(15)18-11(16)20-13(4,5)6-8-21(17)9-7-14/h6-9,14H2,1-5H3. The molecule has 0 radical (unpaired) electrons. The van der Waals surface area contributed by atoms with E-state index in [9.17, 15) is 14.1 Å². The fourth-order valence-corrected chi connectivity index (χ4v) is 2.42. The molecule has 0 aromatic carbocycles. The van der Waals surface area contributed by atoms with Crippen LogP contribution in [-0.4, -0.2) is 46.1 Å². The molecule has 0 rings (SSSR count). The van der Waals surface area contributed by atoms with Crippen LogP contribution in [0.1, 0.15) is 41.0 Å². The number of rotatable bonds is 6. The molecular formula is C13H25NO6S. The molecule has 0 heterocycles. The van der Waals surface area contributed by atoms with Crippen LogP contribution in [-0.2, 0) is 25.4 Å². The molecule has 0 aliphatic rings. The lowest BCUT2D eigenvalue weighted by Crippen LogP contribution is -2.34. The Labute approximate surface area is 128 Å². The lowest BCUT2D eigenvalue weighted by molar-refractivity contribution is -0.0349. The second-order valence-electron chi connectivity index (χ2n) is 6.07. The highest BCUT2D eigenvalue weighted by Crippen LogP contribution is 2.17. The Morgan fingerprint density at radius 3 is 2.05 bits per heavy atom. The molecule has 0 fully saturated rings. The summed E-state index contributed by atoms with van der Waals surface area (Å²) in [5.41, 5.74) is 3.65. The van der Waals surface area contributed by atoms with Crippen molar-refractivity contribution in [2.75, 3.05) is 18.1 Å². The van der Waals surface area contributed by atoms with E-state index < -0.39 is 34.7 Å². The molecule has 0 bridgehead atoms. The zero-order valence-corrected chi connectivity index (χ0v) is 14.1. The molecule has 0 aliphatic heterocycles. The van der Waals surface area contributed by atoms with E-state index in [4.69, 9.17) is 15.2 Å². The molecule has 0 saturated heterocycles. The molecule has 0 amide bonds. The minimum absolute atomic E-state index is 0.342. The minimum Gasteiger partial charge on any atom is -0.616 e. The van der Waals surface area contributed by atoms with Crippen LogP contribution in [0.5, 0.6) is 0 Å². The van der Waals surface area contributed by atoms with Gasteiger partial charge in [-0.05, 0) is 34.6 Å². The van der Waals surface area contributed by atoms with Crippen LogP contribution < -0.4 is 5.73 Å². The molecule has 0 saturated carbocycles. The minimum atomic E-state index is -1.14. The molecule has 0 spiro atoms. The monoisotopic (exact) mass is 323 g/mol. The largest absolute Gasteiger partial charge is 0.616 e. The van der Waals surface area contributed by atoms with Gasteiger partial charge in [-0.25, -0.2) is 9.59 Å². The summed E-state index contributed by atoms with van der Waals surface area (Å²) < 4.78 is 25.7. The smallest absolute Gasteiger partial charge is 0.519 e. The van der Waals surface area contributed by atoms with Crippen LogP contribution in [0.15, 0.2) is 0 Å². The summed E-state index contributed by atoms with van der Waals surface area (Å²) in [6.45, 7) is 8.57. The third kappa shape index (κ3) is 11.4. The first-order valence-electron chi connectivity index (χ1n) is 6.64. The Hall–Kier alpha value is -0.990. The highest BCUT2D eigenvalue weighted by Gasteiger charge is 2.28. The topological polar surface area (TPSA) is 111 Å². The maximum atomic E-state index is 11.5. The quantitative estimate of drug-likeness (QED) is 0.452. The molecular weight excluding hydrogens is 298 g/mol. The summed E-state index contributed by atoms with van der Waals surface area (Å²) in [4.78, 5) is 22.8. The van der Waals surface area contributed by atoms with Crippen LogP contribution in [0, 0.1) is 0 Å². The van der Waals surface area contributed by atoms with Crippen LogP contribution in [0.2, 0.25) is 0 Å². The third-order valence-electron chi connectivity index (χ3n) is 2.19. The zero-order chi connectivity index (χ0) is 16.7. The Morgan fingerprint density at radius 2 is 1.57 bits per heavy atom. The van der Waals surface area contributed by atoms with Gasteiger partial charge in [0.1, 0.15) is 22.7 Å². The van der Waals surface area contributed by atoms with Gasteiger partial charge in [-0.2, -0.15) is 0 Å². The molecule has 0 aliphatic carbocycles. The van der Waals surface area contributed by atoms with Gasteiger partial charge in [-0.1, -0.05) is 11.2 Å². The van der Waals surface area contributed by atoms with Gasteiger partial charge in [-0.3, -0.25) is 0 Å². The molecule has 0 aromatic rings. The predicted molar refractivity (Wildman–Crippen MR) is 79.4 cm³/mol. The van der Waals surface area contributed by atoms with Crippen molar-refractivity contribution < 1.29 is 28.4 Å². The first-order chi connectivity index (χ1) is 9.45. The van der Waals surface area contributed by atoms with E-state index in [1.54, 1.807) is 34.6 Å². The van der Waals surface area contributed by atoms with Gasteiger partial charge in [0.15, 0.2) is 0 Å². The fourth-order valence-electron chi connectivity index (χ4n) is 1.23. The van der Waals surface area contributed by atoms with Crippen molar-refractivity contribution in [1.82, 2.24) is 0 Å². The second kappa shape index (κ2) is 8.45.